The third-order valence-electron chi connectivity index (χ3n) is 3.56. The molecule has 0 N–H and O–H groups in total. The van der Waals surface area contributed by atoms with Gasteiger partial charge in [-0.05, 0) is 0 Å². The van der Waals surface area contributed by atoms with E-state index in [2.05, 4.69) is 37.9 Å². The quantitative estimate of drug-likeness (QED) is 0.232. The van der Waals surface area contributed by atoms with E-state index in [1.807, 2.05) is 0 Å². The zero-order valence-electron chi connectivity index (χ0n) is 14.1. The molecule has 0 aliphatic heterocycles. The summed E-state index contributed by atoms with van der Waals surface area (Å²) in [5.41, 5.74) is 0. The molecule has 5 heteroatoms. The van der Waals surface area contributed by atoms with Crippen LogP contribution in [0.15, 0.2) is 0 Å². The van der Waals surface area contributed by atoms with Crippen LogP contribution in [0.1, 0.15) is 90.9 Å². The van der Waals surface area contributed by atoms with Crippen molar-refractivity contribution in [2.24, 2.45) is 0 Å². The topological polar surface area (TPSA) is 3.24 Å². The largest absolute Gasteiger partial charge is 0.147 e. The van der Waals surface area contributed by atoms with Crippen molar-refractivity contribution in [2.45, 2.75) is 90.9 Å². The number of hydrogen-bond acceptors (Lipinski definition) is 1. The van der Waals surface area contributed by atoms with Gasteiger partial charge in [0, 0.05) is 0 Å². The van der Waals surface area contributed by atoms with Gasteiger partial charge in [0.1, 0.15) is 0 Å². The molecule has 0 rings (SSSR count). The molecule has 0 aliphatic carbocycles. The smallest absolute Gasteiger partial charge is 0.147 e. The summed E-state index contributed by atoms with van der Waals surface area (Å²) in [7, 11) is 0. The average molecular weight is 398 g/mol. The number of halogens is 3. The van der Waals surface area contributed by atoms with Gasteiger partial charge in [0.25, 0.3) is 0 Å². The van der Waals surface area contributed by atoms with Crippen molar-refractivity contribution in [3.63, 3.8) is 0 Å². The van der Waals surface area contributed by atoms with Crippen LogP contribution in [-0.2, 0) is 20.7 Å². The first-order chi connectivity index (χ1) is 8.81. The SMILES string of the molecule is CCCCCCCC[N]([Ti])CCCCCCCC.Cl.Cl.Cl. The molecule has 0 heterocycles. The fourth-order valence-electron chi connectivity index (χ4n) is 2.28. The second kappa shape index (κ2) is 26.4. The van der Waals surface area contributed by atoms with Crippen molar-refractivity contribution in [1.82, 2.24) is 3.38 Å². The number of rotatable bonds is 14. The van der Waals surface area contributed by atoms with Gasteiger partial charge in [-0.2, -0.15) is 0 Å². The van der Waals surface area contributed by atoms with Gasteiger partial charge in [0.05, 0.1) is 0 Å². The molecule has 21 heavy (non-hydrogen) atoms. The van der Waals surface area contributed by atoms with Gasteiger partial charge in [-0.25, -0.2) is 0 Å². The Hall–Kier alpha value is 1.54. The Bertz CT molecular complexity index is 146. The van der Waals surface area contributed by atoms with E-state index in [0.29, 0.717) is 0 Å². The van der Waals surface area contributed by atoms with Crippen molar-refractivity contribution < 1.29 is 20.7 Å². The van der Waals surface area contributed by atoms with E-state index >= 15 is 0 Å². The van der Waals surface area contributed by atoms with Crippen LogP contribution in [0.25, 0.3) is 0 Å². The van der Waals surface area contributed by atoms with Gasteiger partial charge in [0.2, 0.25) is 0 Å². The van der Waals surface area contributed by atoms with Gasteiger partial charge in [-0.1, -0.05) is 0 Å². The number of unbranched alkanes of at least 4 members (excludes halogenated alkanes) is 10. The Morgan fingerprint density at radius 3 is 1.14 bits per heavy atom. The van der Waals surface area contributed by atoms with Crippen LogP contribution in [0.3, 0.4) is 0 Å². The summed E-state index contributed by atoms with van der Waals surface area (Å²) >= 11 is 2.29. The van der Waals surface area contributed by atoms with Gasteiger partial charge in [-0.3, -0.25) is 0 Å². The Morgan fingerprint density at radius 1 is 0.524 bits per heavy atom. The van der Waals surface area contributed by atoms with Crippen molar-refractivity contribution in [3.8, 4) is 0 Å². The molecule has 0 radical (unpaired) electrons. The summed E-state index contributed by atoms with van der Waals surface area (Å²) in [5, 5.41) is 0. The van der Waals surface area contributed by atoms with E-state index < -0.39 is 0 Å². The van der Waals surface area contributed by atoms with E-state index in [1.54, 1.807) is 0 Å². The zero-order valence-corrected chi connectivity index (χ0v) is 18.1. The Morgan fingerprint density at radius 2 is 0.810 bits per heavy atom. The van der Waals surface area contributed by atoms with E-state index in [9.17, 15) is 0 Å². The third-order valence-corrected chi connectivity index (χ3v) is 4.26. The van der Waals surface area contributed by atoms with Crippen LogP contribution in [0.5, 0.6) is 0 Å². The van der Waals surface area contributed by atoms with Crippen LogP contribution in [0.4, 0.5) is 0 Å². The molecule has 0 atom stereocenters. The van der Waals surface area contributed by atoms with Crippen molar-refractivity contribution >= 4 is 37.2 Å². The molecule has 0 fully saturated rings. The maximum absolute atomic E-state index is 2.53. The molecule has 0 spiro atoms. The second-order valence-electron chi connectivity index (χ2n) is 5.52. The normalized spacial score (nSPS) is 9.62. The minimum atomic E-state index is 0. The minimum absolute atomic E-state index is 0. The zero-order chi connectivity index (χ0) is 13.5. The first-order valence-corrected chi connectivity index (χ1v) is 8.97. The summed E-state index contributed by atoms with van der Waals surface area (Å²) in [6.07, 6.45) is 17.0. The molecule has 0 bridgehead atoms. The standard InChI is InChI=1S/C16H34N.3ClH.Ti/c1-3-5-7-9-11-13-15-17-16-14-12-10-8-6-4-2;;;;/h3-16H2,1-2H3;3*1H;/q-1;;;;+1. The molecule has 0 aliphatic rings. The molecule has 1 nitrogen and oxygen atoms in total. The van der Waals surface area contributed by atoms with E-state index in [-0.39, 0.29) is 37.2 Å². The second-order valence-corrected chi connectivity index (χ2v) is 6.51. The summed E-state index contributed by atoms with van der Waals surface area (Å²) < 4.78 is 2.53. The van der Waals surface area contributed by atoms with Crippen LogP contribution < -0.4 is 0 Å². The first kappa shape index (κ1) is 30.4. The molecule has 0 amide bonds. The van der Waals surface area contributed by atoms with E-state index in [1.165, 1.54) is 90.1 Å². The molecular weight excluding hydrogens is 360 g/mol. The number of hydrogen-bond donors (Lipinski definition) is 0. The molecule has 0 aromatic heterocycles. The predicted molar refractivity (Wildman–Crippen MR) is 100 cm³/mol. The Balaban J connectivity index is -0.000000482. The monoisotopic (exact) mass is 396 g/mol. The van der Waals surface area contributed by atoms with E-state index in [0.717, 1.165) is 0 Å². The van der Waals surface area contributed by atoms with Crippen LogP contribution >= 0.6 is 37.2 Å². The molecular formula is C16H37Cl3NTi. The Kier molecular flexibility index (Phi) is 38.3. The average Bonchev–Trinajstić information content (AvgIpc) is 2.38. The summed E-state index contributed by atoms with van der Waals surface area (Å²) in [6.45, 7) is 7.19. The molecule has 131 valence electrons. The van der Waals surface area contributed by atoms with Crippen molar-refractivity contribution in [2.75, 3.05) is 13.1 Å². The fourth-order valence-corrected chi connectivity index (χ4v) is 2.77. The van der Waals surface area contributed by atoms with Gasteiger partial charge in [-0.15, -0.1) is 37.2 Å². The maximum atomic E-state index is 2.53. The van der Waals surface area contributed by atoms with Crippen LogP contribution in [-0.4, -0.2) is 16.5 Å². The summed E-state index contributed by atoms with van der Waals surface area (Å²) in [5.74, 6) is 0. The predicted octanol–water partition coefficient (Wildman–Crippen LogP) is 6.74. The van der Waals surface area contributed by atoms with Gasteiger partial charge >= 0.3 is 128 Å². The fraction of sp³-hybridized carbons (Fsp3) is 1.00. The van der Waals surface area contributed by atoms with Gasteiger partial charge in [0.15, 0.2) is 0 Å². The third kappa shape index (κ3) is 26.7. The molecule has 0 aromatic rings. The summed E-state index contributed by atoms with van der Waals surface area (Å²) in [4.78, 5) is 0. The number of nitrogens with zero attached hydrogens (tertiary/aromatic N) is 1. The molecule has 0 saturated heterocycles. The molecule has 0 saturated carbocycles. The van der Waals surface area contributed by atoms with Crippen molar-refractivity contribution in [1.29, 1.82) is 0 Å². The molecule has 0 aromatic carbocycles. The Labute approximate surface area is 164 Å². The molecule has 0 unspecified atom stereocenters. The maximum Gasteiger partial charge on any atom is -0.147 e. The van der Waals surface area contributed by atoms with Crippen LogP contribution in [0.2, 0.25) is 0 Å². The van der Waals surface area contributed by atoms with Gasteiger partial charge < -0.3 is 0 Å². The minimum Gasteiger partial charge on any atom is -0.147 e. The van der Waals surface area contributed by atoms with E-state index in [4.69, 9.17) is 0 Å². The summed E-state index contributed by atoms with van der Waals surface area (Å²) in [6, 6.07) is 0. The first-order valence-electron chi connectivity index (χ1n) is 8.27. The van der Waals surface area contributed by atoms with Crippen LogP contribution in [0, 0.1) is 0 Å². The van der Waals surface area contributed by atoms with Crippen molar-refractivity contribution in [3.05, 3.63) is 0 Å².